The Balaban J connectivity index is 1.57. The second-order valence-corrected chi connectivity index (χ2v) is 8.56. The van der Waals surface area contributed by atoms with Crippen molar-refractivity contribution in [1.82, 2.24) is 24.9 Å². The van der Waals surface area contributed by atoms with Crippen molar-refractivity contribution in [2.24, 2.45) is 0 Å². The molecule has 4 heterocycles. The van der Waals surface area contributed by atoms with Gasteiger partial charge in [0.15, 0.2) is 5.65 Å². The fraction of sp³-hybridized carbons (Fsp3) is 0.391. The predicted molar refractivity (Wildman–Crippen MR) is 112 cm³/mol. The Bertz CT molecular complexity index is 1210. The average Bonchev–Trinajstić information content (AvgIpc) is 3.34. The van der Waals surface area contributed by atoms with Crippen molar-refractivity contribution in [3.8, 4) is 11.3 Å². The Labute approximate surface area is 164 Å². The van der Waals surface area contributed by atoms with E-state index in [0.29, 0.717) is 11.8 Å². The largest absolute Gasteiger partial charge is 0.354 e. The van der Waals surface area contributed by atoms with Gasteiger partial charge in [-0.3, -0.25) is 4.40 Å². The smallest absolute Gasteiger partial charge is 0.163 e. The van der Waals surface area contributed by atoms with Gasteiger partial charge in [-0.2, -0.15) is 0 Å². The van der Waals surface area contributed by atoms with Crippen LogP contribution in [0.25, 0.3) is 27.8 Å². The molecule has 0 spiro atoms. The number of H-pyrrole nitrogens is 1. The summed E-state index contributed by atoms with van der Waals surface area (Å²) in [6.45, 7) is 6.80. The molecule has 0 amide bonds. The van der Waals surface area contributed by atoms with Gasteiger partial charge in [-0.05, 0) is 85.5 Å². The van der Waals surface area contributed by atoms with Gasteiger partial charge in [0.25, 0.3) is 0 Å². The zero-order chi connectivity index (χ0) is 18.8. The van der Waals surface area contributed by atoms with Crippen molar-refractivity contribution in [3.63, 3.8) is 0 Å². The molecule has 3 aromatic heterocycles. The van der Waals surface area contributed by atoms with Gasteiger partial charge in [0.2, 0.25) is 0 Å². The lowest BCUT2D eigenvalue weighted by molar-refractivity contribution is 0.460. The summed E-state index contributed by atoms with van der Waals surface area (Å²) in [6, 6.07) is 7.09. The molecule has 1 fully saturated rings. The molecule has 6 rings (SSSR count). The first-order valence-electron chi connectivity index (χ1n) is 10.4. The van der Waals surface area contributed by atoms with E-state index in [9.17, 15) is 0 Å². The number of nitrogens with zero attached hydrogens (tertiary/aromatic N) is 3. The number of hydrogen-bond acceptors (Lipinski definition) is 3. The minimum Gasteiger partial charge on any atom is -0.354 e. The Hall–Kier alpha value is -2.66. The normalized spacial score (nSPS) is 19.9. The van der Waals surface area contributed by atoms with Crippen LogP contribution in [0.5, 0.6) is 0 Å². The molecule has 2 aliphatic rings. The van der Waals surface area contributed by atoms with E-state index < -0.39 is 0 Å². The van der Waals surface area contributed by atoms with Gasteiger partial charge in [0, 0.05) is 22.7 Å². The summed E-state index contributed by atoms with van der Waals surface area (Å²) in [7, 11) is 0. The molecule has 4 aromatic rings. The molecule has 1 saturated heterocycles. The fourth-order valence-corrected chi connectivity index (χ4v) is 5.41. The van der Waals surface area contributed by atoms with Crippen molar-refractivity contribution >= 4 is 16.6 Å². The maximum Gasteiger partial charge on any atom is 0.163 e. The third-order valence-electron chi connectivity index (χ3n) is 6.90. The highest BCUT2D eigenvalue weighted by atomic mass is 15.2. The van der Waals surface area contributed by atoms with Crippen molar-refractivity contribution in [3.05, 3.63) is 53.0 Å². The lowest BCUT2D eigenvalue weighted by atomic mass is 9.80. The van der Waals surface area contributed by atoms with Crippen LogP contribution in [0.2, 0.25) is 0 Å². The van der Waals surface area contributed by atoms with Crippen molar-refractivity contribution in [2.45, 2.75) is 44.9 Å². The van der Waals surface area contributed by atoms with Crippen LogP contribution in [-0.4, -0.2) is 32.7 Å². The molecule has 1 aliphatic heterocycles. The molecular formula is C23H25N5. The van der Waals surface area contributed by atoms with E-state index in [2.05, 4.69) is 63.1 Å². The molecule has 1 atom stereocenters. The highest BCUT2D eigenvalue weighted by Gasteiger charge is 2.29. The number of piperidine rings is 1. The first-order chi connectivity index (χ1) is 13.7. The van der Waals surface area contributed by atoms with Crippen LogP contribution in [0.15, 0.2) is 30.7 Å². The number of pyridine rings is 1. The predicted octanol–water partition coefficient (Wildman–Crippen LogP) is 4.31. The van der Waals surface area contributed by atoms with E-state index in [0.717, 1.165) is 25.2 Å². The van der Waals surface area contributed by atoms with Gasteiger partial charge in [0.05, 0.1) is 5.69 Å². The highest BCUT2D eigenvalue weighted by Crippen LogP contribution is 2.45. The number of hydrogen-bond donors (Lipinski definition) is 2. The standard InChI is InChI=1S/C23H25N5/c1-13-9-17-14(2)23-27-25-12-28(23)11-19(17)22-21(13)18-10-16(3-4-20(18)26-22)15-5-7-24-8-6-15/h3-4,10-13,15,24,26H,5-9H2,1-2H3. The summed E-state index contributed by atoms with van der Waals surface area (Å²) in [6.07, 6.45) is 7.54. The maximum atomic E-state index is 4.31. The molecule has 5 heteroatoms. The number of rotatable bonds is 1. The van der Waals surface area contributed by atoms with E-state index in [1.165, 1.54) is 57.3 Å². The molecule has 142 valence electrons. The summed E-state index contributed by atoms with van der Waals surface area (Å²) in [5.41, 5.74) is 10.4. The molecule has 1 aromatic carbocycles. The van der Waals surface area contributed by atoms with Crippen molar-refractivity contribution < 1.29 is 0 Å². The molecule has 0 bridgehead atoms. The van der Waals surface area contributed by atoms with Gasteiger partial charge in [-0.1, -0.05) is 13.0 Å². The minimum absolute atomic E-state index is 0.489. The Morgan fingerprint density at radius 1 is 1.18 bits per heavy atom. The number of aromatic amines is 1. The second-order valence-electron chi connectivity index (χ2n) is 8.56. The summed E-state index contributed by atoms with van der Waals surface area (Å²) in [5.74, 6) is 1.17. The second kappa shape index (κ2) is 5.92. The third-order valence-corrected chi connectivity index (χ3v) is 6.90. The number of aromatic nitrogens is 4. The summed E-state index contributed by atoms with van der Waals surface area (Å²) < 4.78 is 2.06. The van der Waals surface area contributed by atoms with Gasteiger partial charge >= 0.3 is 0 Å². The topological polar surface area (TPSA) is 58.0 Å². The molecule has 1 unspecified atom stereocenters. The molecule has 2 N–H and O–H groups in total. The van der Waals surface area contributed by atoms with E-state index in [4.69, 9.17) is 0 Å². The number of benzene rings is 1. The fourth-order valence-electron chi connectivity index (χ4n) is 5.41. The monoisotopic (exact) mass is 371 g/mol. The van der Waals surface area contributed by atoms with Crippen LogP contribution in [0.4, 0.5) is 0 Å². The van der Waals surface area contributed by atoms with Gasteiger partial charge in [0.1, 0.15) is 6.33 Å². The SMILES string of the molecule is Cc1c2c(cn3cnnc13)-c1[nH]c3ccc(C4CCNCC4)cc3c1C(C)C2. The zero-order valence-electron chi connectivity index (χ0n) is 16.4. The quantitative estimate of drug-likeness (QED) is 0.524. The molecule has 5 nitrogen and oxygen atoms in total. The van der Waals surface area contributed by atoms with Gasteiger partial charge in [-0.15, -0.1) is 10.2 Å². The average molecular weight is 371 g/mol. The van der Waals surface area contributed by atoms with Crippen LogP contribution >= 0.6 is 0 Å². The summed E-state index contributed by atoms with van der Waals surface area (Å²) in [4.78, 5) is 3.75. The van der Waals surface area contributed by atoms with E-state index in [-0.39, 0.29) is 0 Å². The van der Waals surface area contributed by atoms with Crippen LogP contribution in [-0.2, 0) is 6.42 Å². The van der Waals surface area contributed by atoms with E-state index in [1.807, 2.05) is 0 Å². The molecule has 28 heavy (non-hydrogen) atoms. The van der Waals surface area contributed by atoms with Crippen LogP contribution in [0.3, 0.4) is 0 Å². The molecule has 0 saturated carbocycles. The van der Waals surface area contributed by atoms with Gasteiger partial charge in [-0.25, -0.2) is 0 Å². The maximum absolute atomic E-state index is 4.31. The van der Waals surface area contributed by atoms with Crippen LogP contribution in [0, 0.1) is 6.92 Å². The molecule has 0 radical (unpaired) electrons. The van der Waals surface area contributed by atoms with Crippen molar-refractivity contribution in [1.29, 1.82) is 0 Å². The first kappa shape index (κ1) is 16.3. The summed E-state index contributed by atoms with van der Waals surface area (Å²) >= 11 is 0. The Kier molecular flexibility index (Phi) is 3.45. The van der Waals surface area contributed by atoms with Crippen LogP contribution in [0.1, 0.15) is 53.9 Å². The molecule has 1 aliphatic carbocycles. The third kappa shape index (κ3) is 2.23. The Morgan fingerprint density at radius 3 is 2.89 bits per heavy atom. The minimum atomic E-state index is 0.489. The van der Waals surface area contributed by atoms with E-state index in [1.54, 1.807) is 6.33 Å². The number of aryl methyl sites for hydroxylation is 1. The number of fused-ring (bicyclic) bond motifs is 6. The highest BCUT2D eigenvalue weighted by molar-refractivity contribution is 5.94. The lowest BCUT2D eigenvalue weighted by Gasteiger charge is -2.25. The van der Waals surface area contributed by atoms with E-state index >= 15 is 0 Å². The molecular weight excluding hydrogens is 346 g/mol. The van der Waals surface area contributed by atoms with Crippen LogP contribution < -0.4 is 5.32 Å². The zero-order valence-corrected chi connectivity index (χ0v) is 16.4. The van der Waals surface area contributed by atoms with Crippen molar-refractivity contribution in [2.75, 3.05) is 13.1 Å². The Morgan fingerprint density at radius 2 is 2.04 bits per heavy atom. The summed E-state index contributed by atoms with van der Waals surface area (Å²) in [5, 5.41) is 13.3. The lowest BCUT2D eigenvalue weighted by Crippen LogP contribution is -2.26. The number of nitrogens with one attached hydrogen (secondary N) is 2. The first-order valence-corrected chi connectivity index (χ1v) is 10.4. The van der Waals surface area contributed by atoms with Gasteiger partial charge < -0.3 is 10.3 Å².